The molecule has 0 spiro atoms. The van der Waals surface area contributed by atoms with Gasteiger partial charge in [-0.25, -0.2) is 4.98 Å². The van der Waals surface area contributed by atoms with Gasteiger partial charge >= 0.3 is 0 Å². The van der Waals surface area contributed by atoms with Crippen molar-refractivity contribution >= 4 is 41.3 Å². The molecule has 0 radical (unpaired) electrons. The zero-order valence-corrected chi connectivity index (χ0v) is 16.6. The summed E-state index contributed by atoms with van der Waals surface area (Å²) in [6, 6.07) is 8.07. The Labute approximate surface area is 158 Å². The van der Waals surface area contributed by atoms with Gasteiger partial charge in [-0.2, -0.15) is 0 Å². The SMILES string of the molecule is CCCOc1ncccc1CNC(=NC)NCc1cccs1.I. The number of pyridine rings is 1. The fraction of sp³-hybridized carbons (Fsp3) is 0.375. The van der Waals surface area contributed by atoms with Gasteiger partial charge in [0, 0.05) is 30.2 Å². The number of aromatic nitrogens is 1. The zero-order valence-electron chi connectivity index (χ0n) is 13.4. The first-order valence-electron chi connectivity index (χ1n) is 7.37. The Morgan fingerprint density at radius 3 is 2.78 bits per heavy atom. The number of nitrogens with one attached hydrogen (secondary N) is 2. The van der Waals surface area contributed by atoms with Crippen molar-refractivity contribution in [1.82, 2.24) is 15.6 Å². The molecule has 0 bridgehead atoms. The number of ether oxygens (including phenoxy) is 1. The Bertz CT molecular complexity index is 590. The van der Waals surface area contributed by atoms with Gasteiger partial charge in [0.2, 0.25) is 5.88 Å². The van der Waals surface area contributed by atoms with Gasteiger partial charge in [-0.1, -0.05) is 19.1 Å². The van der Waals surface area contributed by atoms with Crippen molar-refractivity contribution < 1.29 is 4.74 Å². The van der Waals surface area contributed by atoms with Gasteiger partial charge in [0.05, 0.1) is 13.2 Å². The fourth-order valence-electron chi connectivity index (χ4n) is 1.87. The summed E-state index contributed by atoms with van der Waals surface area (Å²) in [7, 11) is 1.77. The molecule has 0 amide bonds. The second kappa shape index (κ2) is 11.2. The van der Waals surface area contributed by atoms with Gasteiger partial charge in [-0.05, 0) is 23.9 Å². The van der Waals surface area contributed by atoms with E-state index in [-0.39, 0.29) is 24.0 Å². The van der Waals surface area contributed by atoms with Crippen molar-refractivity contribution in [2.45, 2.75) is 26.4 Å². The Hall–Kier alpha value is -1.35. The standard InChI is InChI=1S/C16H22N4OS.HI/c1-3-9-21-15-13(6-4-8-18-15)11-19-16(17-2)20-12-14-7-5-10-22-14;/h4-8,10H,3,9,11-12H2,1-2H3,(H2,17,19,20);1H. The van der Waals surface area contributed by atoms with Crippen LogP contribution in [0, 0.1) is 0 Å². The molecule has 126 valence electrons. The quantitative estimate of drug-likeness (QED) is 0.389. The molecule has 0 aliphatic heterocycles. The average molecular weight is 446 g/mol. The maximum absolute atomic E-state index is 5.66. The maximum Gasteiger partial charge on any atom is 0.218 e. The van der Waals surface area contributed by atoms with Crippen LogP contribution in [-0.4, -0.2) is 24.6 Å². The first-order valence-corrected chi connectivity index (χ1v) is 8.25. The predicted octanol–water partition coefficient (Wildman–Crippen LogP) is 3.42. The van der Waals surface area contributed by atoms with Crippen molar-refractivity contribution in [2.24, 2.45) is 4.99 Å². The molecular formula is C16H23IN4OS. The Kier molecular flexibility index (Phi) is 9.61. The molecule has 0 aromatic carbocycles. The third-order valence-electron chi connectivity index (χ3n) is 2.97. The largest absolute Gasteiger partial charge is 0.477 e. The van der Waals surface area contributed by atoms with E-state index in [1.54, 1.807) is 24.6 Å². The van der Waals surface area contributed by atoms with E-state index in [9.17, 15) is 0 Å². The average Bonchev–Trinajstić information content (AvgIpc) is 3.07. The van der Waals surface area contributed by atoms with Crippen LogP contribution < -0.4 is 15.4 Å². The van der Waals surface area contributed by atoms with Crippen LogP contribution in [0.25, 0.3) is 0 Å². The molecule has 2 rings (SSSR count). The van der Waals surface area contributed by atoms with E-state index in [2.05, 4.69) is 39.0 Å². The van der Waals surface area contributed by atoms with Crippen LogP contribution in [0.3, 0.4) is 0 Å². The van der Waals surface area contributed by atoms with Crippen LogP contribution in [0.2, 0.25) is 0 Å². The molecule has 5 nitrogen and oxygen atoms in total. The number of halogens is 1. The first kappa shape index (κ1) is 19.7. The van der Waals surface area contributed by atoms with E-state index < -0.39 is 0 Å². The maximum atomic E-state index is 5.66. The third kappa shape index (κ3) is 6.74. The van der Waals surface area contributed by atoms with Crippen LogP contribution in [0.1, 0.15) is 23.8 Å². The minimum absolute atomic E-state index is 0. The topological polar surface area (TPSA) is 58.5 Å². The van der Waals surface area contributed by atoms with Crippen molar-refractivity contribution in [3.63, 3.8) is 0 Å². The lowest BCUT2D eigenvalue weighted by Crippen LogP contribution is -2.36. The molecule has 0 unspecified atom stereocenters. The molecule has 0 aliphatic rings. The molecule has 2 aromatic heterocycles. The number of nitrogens with zero attached hydrogens (tertiary/aromatic N) is 2. The second-order valence-electron chi connectivity index (χ2n) is 4.67. The van der Waals surface area contributed by atoms with Gasteiger partial charge in [0.15, 0.2) is 5.96 Å². The molecule has 0 saturated heterocycles. The minimum atomic E-state index is 0. The molecule has 7 heteroatoms. The summed E-state index contributed by atoms with van der Waals surface area (Å²) >= 11 is 1.73. The monoisotopic (exact) mass is 446 g/mol. The van der Waals surface area contributed by atoms with E-state index in [0.717, 1.165) is 24.5 Å². The predicted molar refractivity (Wildman–Crippen MR) is 107 cm³/mol. The molecule has 0 atom stereocenters. The Morgan fingerprint density at radius 1 is 1.26 bits per heavy atom. The number of guanidine groups is 1. The number of hydrogen-bond donors (Lipinski definition) is 2. The summed E-state index contributed by atoms with van der Waals surface area (Å²) in [5.74, 6) is 1.45. The molecule has 2 heterocycles. The summed E-state index contributed by atoms with van der Waals surface area (Å²) in [4.78, 5) is 9.79. The summed E-state index contributed by atoms with van der Waals surface area (Å²) in [5, 5.41) is 8.65. The molecule has 0 aliphatic carbocycles. The lowest BCUT2D eigenvalue weighted by Gasteiger charge is -2.13. The van der Waals surface area contributed by atoms with Gasteiger partial charge in [0.25, 0.3) is 0 Å². The van der Waals surface area contributed by atoms with Crippen LogP contribution in [0.15, 0.2) is 40.8 Å². The molecular weight excluding hydrogens is 423 g/mol. The van der Waals surface area contributed by atoms with Gasteiger partial charge in [-0.3, -0.25) is 4.99 Å². The molecule has 23 heavy (non-hydrogen) atoms. The highest BCUT2D eigenvalue weighted by molar-refractivity contribution is 14.0. The summed E-state index contributed by atoms with van der Waals surface area (Å²) in [5.41, 5.74) is 1.02. The second-order valence-corrected chi connectivity index (χ2v) is 5.71. The van der Waals surface area contributed by atoms with Crippen molar-refractivity contribution in [3.05, 3.63) is 46.3 Å². The lowest BCUT2D eigenvalue weighted by molar-refractivity contribution is 0.301. The fourth-order valence-corrected chi connectivity index (χ4v) is 2.52. The molecule has 0 saturated carbocycles. The van der Waals surface area contributed by atoms with Gasteiger partial charge in [0.1, 0.15) is 0 Å². The number of rotatable bonds is 7. The lowest BCUT2D eigenvalue weighted by atomic mass is 10.2. The smallest absolute Gasteiger partial charge is 0.218 e. The van der Waals surface area contributed by atoms with E-state index in [0.29, 0.717) is 19.0 Å². The van der Waals surface area contributed by atoms with Crippen LogP contribution in [0.5, 0.6) is 5.88 Å². The minimum Gasteiger partial charge on any atom is -0.477 e. The number of thiophene rings is 1. The van der Waals surface area contributed by atoms with Crippen LogP contribution in [0.4, 0.5) is 0 Å². The van der Waals surface area contributed by atoms with E-state index >= 15 is 0 Å². The highest BCUT2D eigenvalue weighted by Crippen LogP contribution is 2.14. The number of hydrogen-bond acceptors (Lipinski definition) is 4. The first-order chi connectivity index (χ1) is 10.8. The zero-order chi connectivity index (χ0) is 15.6. The third-order valence-corrected chi connectivity index (χ3v) is 3.85. The Morgan fingerprint density at radius 2 is 2.09 bits per heavy atom. The van der Waals surface area contributed by atoms with Crippen molar-refractivity contribution in [3.8, 4) is 5.88 Å². The van der Waals surface area contributed by atoms with Gasteiger partial charge in [-0.15, -0.1) is 35.3 Å². The highest BCUT2D eigenvalue weighted by atomic mass is 127. The summed E-state index contributed by atoms with van der Waals surface area (Å²) in [6.07, 6.45) is 2.71. The molecule has 2 N–H and O–H groups in total. The van der Waals surface area contributed by atoms with E-state index in [1.807, 2.05) is 18.2 Å². The summed E-state index contributed by atoms with van der Waals surface area (Å²) in [6.45, 7) is 4.15. The van der Waals surface area contributed by atoms with Gasteiger partial charge < -0.3 is 15.4 Å². The van der Waals surface area contributed by atoms with E-state index in [4.69, 9.17) is 4.74 Å². The molecule has 2 aromatic rings. The Balaban J connectivity index is 0.00000264. The van der Waals surface area contributed by atoms with E-state index in [1.165, 1.54) is 4.88 Å². The normalized spacial score (nSPS) is 10.8. The summed E-state index contributed by atoms with van der Waals surface area (Å²) < 4.78 is 5.66. The van der Waals surface area contributed by atoms with Crippen molar-refractivity contribution in [1.29, 1.82) is 0 Å². The van der Waals surface area contributed by atoms with Crippen LogP contribution in [-0.2, 0) is 13.1 Å². The number of aliphatic imine (C=N–C) groups is 1. The van der Waals surface area contributed by atoms with Crippen LogP contribution >= 0.6 is 35.3 Å². The highest BCUT2D eigenvalue weighted by Gasteiger charge is 2.06. The molecule has 0 fully saturated rings. The van der Waals surface area contributed by atoms with Crippen molar-refractivity contribution in [2.75, 3.05) is 13.7 Å².